The summed E-state index contributed by atoms with van der Waals surface area (Å²) < 4.78 is 0. The number of rotatable bonds is 6. The van der Waals surface area contributed by atoms with Crippen molar-refractivity contribution in [2.45, 2.75) is 44.8 Å². The molecular formula is C17H26N2O2S. The third-order valence-corrected chi connectivity index (χ3v) is 5.87. The van der Waals surface area contributed by atoms with Gasteiger partial charge in [0.15, 0.2) is 0 Å². The Labute approximate surface area is 136 Å². The minimum Gasteiger partial charge on any atom is -0.392 e. The van der Waals surface area contributed by atoms with Crippen LogP contribution in [0, 0.1) is 5.92 Å². The van der Waals surface area contributed by atoms with Crippen molar-refractivity contribution in [3.05, 3.63) is 21.9 Å². The molecular weight excluding hydrogens is 296 g/mol. The van der Waals surface area contributed by atoms with Crippen molar-refractivity contribution >= 4 is 17.2 Å². The first-order valence-corrected chi connectivity index (χ1v) is 9.20. The second kappa shape index (κ2) is 6.69. The van der Waals surface area contributed by atoms with E-state index in [0.717, 1.165) is 32.2 Å². The highest BCUT2D eigenvalue weighted by Crippen LogP contribution is 2.35. The summed E-state index contributed by atoms with van der Waals surface area (Å²) in [6.45, 7) is 3.98. The van der Waals surface area contributed by atoms with Gasteiger partial charge in [-0.2, -0.15) is 0 Å². The van der Waals surface area contributed by atoms with Gasteiger partial charge in [-0.05, 0) is 55.7 Å². The predicted molar refractivity (Wildman–Crippen MR) is 89.0 cm³/mol. The van der Waals surface area contributed by atoms with Crippen LogP contribution in [0.25, 0.3) is 0 Å². The van der Waals surface area contributed by atoms with E-state index in [0.29, 0.717) is 19.0 Å². The Kier molecular flexibility index (Phi) is 4.85. The van der Waals surface area contributed by atoms with Crippen LogP contribution in [0.2, 0.25) is 0 Å². The normalized spacial score (nSPS) is 22.7. The van der Waals surface area contributed by atoms with Crippen LogP contribution in [0.5, 0.6) is 0 Å². The average molecular weight is 322 g/mol. The summed E-state index contributed by atoms with van der Waals surface area (Å²) in [5.41, 5.74) is 1.34. The lowest BCUT2D eigenvalue weighted by Gasteiger charge is -2.36. The van der Waals surface area contributed by atoms with Crippen molar-refractivity contribution in [2.75, 3.05) is 26.7 Å². The topological polar surface area (TPSA) is 43.8 Å². The van der Waals surface area contributed by atoms with Crippen molar-refractivity contribution in [3.63, 3.8) is 0 Å². The number of hydrogen-bond donors (Lipinski definition) is 1. The van der Waals surface area contributed by atoms with Crippen LogP contribution in [-0.2, 0) is 11.2 Å². The fourth-order valence-electron chi connectivity index (χ4n) is 3.47. The van der Waals surface area contributed by atoms with Crippen LogP contribution in [0.3, 0.4) is 0 Å². The first-order chi connectivity index (χ1) is 10.6. The summed E-state index contributed by atoms with van der Waals surface area (Å²) in [4.78, 5) is 18.1. The Balaban J connectivity index is 1.59. The van der Waals surface area contributed by atoms with Gasteiger partial charge in [0.05, 0.1) is 18.7 Å². The number of aliphatic hydroxyl groups is 1. The summed E-state index contributed by atoms with van der Waals surface area (Å²) >= 11 is 1.81. The fraction of sp³-hybridized carbons (Fsp3) is 0.706. The first-order valence-electron chi connectivity index (χ1n) is 8.32. The second-order valence-corrected chi connectivity index (χ2v) is 7.66. The zero-order chi connectivity index (χ0) is 15.7. The van der Waals surface area contributed by atoms with E-state index in [9.17, 15) is 9.90 Å². The lowest BCUT2D eigenvalue weighted by molar-refractivity contribution is -0.135. The Morgan fingerprint density at radius 2 is 2.32 bits per heavy atom. The lowest BCUT2D eigenvalue weighted by atomic mass is 9.97. The van der Waals surface area contributed by atoms with Crippen LogP contribution in [0.4, 0.5) is 0 Å². The zero-order valence-electron chi connectivity index (χ0n) is 13.5. The summed E-state index contributed by atoms with van der Waals surface area (Å²) in [7, 11) is 1.93. The Bertz CT molecular complexity index is 526. The third kappa shape index (κ3) is 3.36. The van der Waals surface area contributed by atoms with Crippen LogP contribution in [0.1, 0.15) is 42.7 Å². The fourth-order valence-corrected chi connectivity index (χ4v) is 4.40. The molecule has 1 aliphatic carbocycles. The molecule has 0 spiro atoms. The molecule has 0 saturated heterocycles. The Morgan fingerprint density at radius 3 is 3.00 bits per heavy atom. The van der Waals surface area contributed by atoms with Gasteiger partial charge in [0.25, 0.3) is 0 Å². The first kappa shape index (κ1) is 16.0. The number of carbonyl (C=O) groups excluding carboxylic acids is 1. The molecule has 22 heavy (non-hydrogen) atoms. The number of hydrogen-bond acceptors (Lipinski definition) is 4. The van der Waals surface area contributed by atoms with Crippen molar-refractivity contribution in [1.82, 2.24) is 9.80 Å². The summed E-state index contributed by atoms with van der Waals surface area (Å²) in [5.74, 6) is 0.651. The molecule has 122 valence electrons. The van der Waals surface area contributed by atoms with Crippen molar-refractivity contribution in [1.29, 1.82) is 0 Å². The number of aliphatic hydroxyl groups excluding tert-OH is 1. The van der Waals surface area contributed by atoms with E-state index in [4.69, 9.17) is 0 Å². The van der Waals surface area contributed by atoms with Gasteiger partial charge in [-0.15, -0.1) is 11.3 Å². The van der Waals surface area contributed by atoms with E-state index in [-0.39, 0.29) is 18.1 Å². The maximum Gasteiger partial charge on any atom is 0.237 e. The number of carbonyl (C=O) groups is 1. The molecule has 2 unspecified atom stereocenters. The molecule has 2 atom stereocenters. The van der Waals surface area contributed by atoms with Crippen LogP contribution in [0.15, 0.2) is 11.4 Å². The Morgan fingerprint density at radius 1 is 1.55 bits per heavy atom. The van der Waals surface area contributed by atoms with E-state index in [2.05, 4.69) is 18.4 Å². The van der Waals surface area contributed by atoms with Gasteiger partial charge >= 0.3 is 0 Å². The van der Waals surface area contributed by atoms with Gasteiger partial charge in [0.2, 0.25) is 5.91 Å². The van der Waals surface area contributed by atoms with Crippen molar-refractivity contribution < 1.29 is 9.90 Å². The molecule has 1 amide bonds. The minimum absolute atomic E-state index is 0.189. The molecule has 2 heterocycles. The monoisotopic (exact) mass is 322 g/mol. The highest BCUT2D eigenvalue weighted by Gasteiger charge is 2.33. The SMILES string of the molecule is CCC1c2ccsc2CCN1C(=O)CN(C)CC(O)C1CC1. The van der Waals surface area contributed by atoms with Crippen molar-refractivity contribution in [2.24, 2.45) is 5.92 Å². The van der Waals surface area contributed by atoms with Gasteiger partial charge < -0.3 is 10.0 Å². The van der Waals surface area contributed by atoms with Crippen LogP contribution >= 0.6 is 11.3 Å². The number of fused-ring (bicyclic) bond motifs is 1. The molecule has 1 aromatic rings. The third-order valence-electron chi connectivity index (χ3n) is 4.87. The molecule has 5 heteroatoms. The molecule has 0 bridgehead atoms. The van der Waals surface area contributed by atoms with Gasteiger partial charge in [0.1, 0.15) is 0 Å². The molecule has 1 saturated carbocycles. The number of amides is 1. The molecule has 0 aromatic carbocycles. The van der Waals surface area contributed by atoms with Crippen LogP contribution < -0.4 is 0 Å². The molecule has 4 nitrogen and oxygen atoms in total. The highest BCUT2D eigenvalue weighted by atomic mass is 32.1. The number of likely N-dealkylation sites (N-methyl/N-ethyl adjacent to an activating group) is 1. The predicted octanol–water partition coefficient (Wildman–Crippen LogP) is 2.29. The molecule has 2 aliphatic rings. The Hall–Kier alpha value is -0.910. The summed E-state index contributed by atoms with van der Waals surface area (Å²) in [6, 6.07) is 2.40. The van der Waals surface area contributed by atoms with Gasteiger partial charge in [0, 0.05) is 18.0 Å². The van der Waals surface area contributed by atoms with Crippen LogP contribution in [-0.4, -0.2) is 53.6 Å². The highest BCUT2D eigenvalue weighted by molar-refractivity contribution is 7.10. The second-order valence-electron chi connectivity index (χ2n) is 6.66. The van der Waals surface area contributed by atoms with E-state index in [1.165, 1.54) is 10.4 Å². The summed E-state index contributed by atoms with van der Waals surface area (Å²) in [5, 5.41) is 12.2. The number of nitrogens with zero attached hydrogens (tertiary/aromatic N) is 2. The molecule has 0 radical (unpaired) electrons. The van der Waals surface area contributed by atoms with E-state index in [1.54, 1.807) is 0 Å². The molecule has 1 N–H and O–H groups in total. The lowest BCUT2D eigenvalue weighted by Crippen LogP contribution is -2.45. The van der Waals surface area contributed by atoms with E-state index < -0.39 is 0 Å². The smallest absolute Gasteiger partial charge is 0.237 e. The minimum atomic E-state index is -0.274. The van der Waals surface area contributed by atoms with Crippen molar-refractivity contribution in [3.8, 4) is 0 Å². The van der Waals surface area contributed by atoms with E-state index in [1.807, 2.05) is 28.2 Å². The molecule has 3 rings (SSSR count). The standard InChI is InChI=1S/C17H26N2O2S/c1-3-14-13-7-9-22-16(13)6-8-19(14)17(21)11-18(2)10-15(20)12-4-5-12/h7,9,12,14-15,20H,3-6,8,10-11H2,1-2H3. The zero-order valence-corrected chi connectivity index (χ0v) is 14.3. The number of thiophene rings is 1. The maximum atomic E-state index is 12.7. The maximum absolute atomic E-state index is 12.7. The van der Waals surface area contributed by atoms with Gasteiger partial charge in [-0.1, -0.05) is 6.92 Å². The average Bonchev–Trinajstić information content (AvgIpc) is 3.23. The summed E-state index contributed by atoms with van der Waals surface area (Å²) in [6.07, 6.45) is 3.93. The quantitative estimate of drug-likeness (QED) is 0.874. The molecule has 1 fully saturated rings. The molecule has 1 aromatic heterocycles. The largest absolute Gasteiger partial charge is 0.392 e. The van der Waals surface area contributed by atoms with E-state index >= 15 is 0 Å². The van der Waals surface area contributed by atoms with Gasteiger partial charge in [-0.25, -0.2) is 0 Å². The van der Waals surface area contributed by atoms with Gasteiger partial charge in [-0.3, -0.25) is 9.69 Å². The molecule has 1 aliphatic heterocycles.